The van der Waals surface area contributed by atoms with Crippen LogP contribution in [0.25, 0.3) is 0 Å². The number of nitrogens with zero attached hydrogens (tertiary/aromatic N) is 2. The summed E-state index contributed by atoms with van der Waals surface area (Å²) in [6.07, 6.45) is 5.35. The van der Waals surface area contributed by atoms with Crippen molar-refractivity contribution in [1.82, 2.24) is 14.2 Å². The van der Waals surface area contributed by atoms with Crippen LogP contribution in [-0.2, 0) is 21.4 Å². The normalized spacial score (nSPS) is 13.0. The van der Waals surface area contributed by atoms with Crippen LogP contribution in [0.2, 0.25) is 0 Å². The third-order valence-electron chi connectivity index (χ3n) is 3.70. The molecule has 1 heterocycles. The molecule has 0 aliphatic carbocycles. The number of amides is 1. The van der Waals surface area contributed by atoms with Gasteiger partial charge in [0.05, 0.1) is 4.90 Å². The summed E-state index contributed by atoms with van der Waals surface area (Å²) >= 11 is 0. The Morgan fingerprint density at radius 2 is 1.96 bits per heavy atom. The van der Waals surface area contributed by atoms with Crippen LogP contribution >= 0.6 is 0 Å². The lowest BCUT2D eigenvalue weighted by atomic mass is 10.1. The standard InChI is InChI=1S/C16H27N3O4S/c1-5-6-7-8-13(2)17-15(20)12-19-11-14(9-10-16(19)21)24(22,23)18(3)4/h9-11,13H,5-8,12H2,1-4H3,(H,17,20)/t13-/m0/s1. The molecule has 0 fully saturated rings. The molecule has 0 saturated heterocycles. The first kappa shape index (κ1) is 20.4. The number of nitrogens with one attached hydrogen (secondary N) is 1. The van der Waals surface area contributed by atoms with Crippen molar-refractivity contribution in [1.29, 1.82) is 0 Å². The summed E-state index contributed by atoms with van der Waals surface area (Å²) in [6, 6.07) is 2.43. The minimum atomic E-state index is -3.65. The Morgan fingerprint density at radius 1 is 1.29 bits per heavy atom. The average molecular weight is 357 g/mol. The molecule has 136 valence electrons. The maximum Gasteiger partial charge on any atom is 0.251 e. The molecular weight excluding hydrogens is 330 g/mol. The highest BCUT2D eigenvalue weighted by Gasteiger charge is 2.19. The van der Waals surface area contributed by atoms with Gasteiger partial charge in [-0.2, -0.15) is 0 Å². The minimum Gasteiger partial charge on any atom is -0.352 e. The molecule has 8 heteroatoms. The quantitative estimate of drug-likeness (QED) is 0.672. The Morgan fingerprint density at radius 3 is 2.54 bits per heavy atom. The summed E-state index contributed by atoms with van der Waals surface area (Å²) in [5.41, 5.74) is -0.415. The third-order valence-corrected chi connectivity index (χ3v) is 5.50. The first-order valence-electron chi connectivity index (χ1n) is 8.11. The van der Waals surface area contributed by atoms with Gasteiger partial charge in [-0.3, -0.25) is 9.59 Å². The number of sulfonamides is 1. The minimum absolute atomic E-state index is 0.0177. The van der Waals surface area contributed by atoms with E-state index in [9.17, 15) is 18.0 Å². The lowest BCUT2D eigenvalue weighted by Gasteiger charge is -2.15. The number of rotatable bonds is 9. The van der Waals surface area contributed by atoms with E-state index in [0.29, 0.717) is 0 Å². The predicted octanol–water partition coefficient (Wildman–Crippen LogP) is 1.18. The van der Waals surface area contributed by atoms with Crippen molar-refractivity contribution in [2.24, 2.45) is 0 Å². The van der Waals surface area contributed by atoms with E-state index in [1.54, 1.807) is 0 Å². The maximum absolute atomic E-state index is 12.1. The van der Waals surface area contributed by atoms with Crippen LogP contribution in [0, 0.1) is 0 Å². The molecule has 1 aromatic heterocycles. The van der Waals surface area contributed by atoms with E-state index in [0.717, 1.165) is 40.6 Å². The molecule has 0 spiro atoms. The van der Waals surface area contributed by atoms with Crippen LogP contribution in [0.1, 0.15) is 39.5 Å². The molecule has 0 aliphatic heterocycles. The molecule has 1 N–H and O–H groups in total. The molecule has 1 rings (SSSR count). The van der Waals surface area contributed by atoms with Crippen molar-refractivity contribution in [2.45, 2.75) is 57.0 Å². The second kappa shape index (κ2) is 8.98. The van der Waals surface area contributed by atoms with Crippen LogP contribution < -0.4 is 10.9 Å². The summed E-state index contributed by atoms with van der Waals surface area (Å²) in [5, 5.41) is 2.84. The lowest BCUT2D eigenvalue weighted by molar-refractivity contribution is -0.122. The SMILES string of the molecule is CCCCC[C@H](C)NC(=O)Cn1cc(S(=O)(=O)N(C)C)ccc1=O. The van der Waals surface area contributed by atoms with Gasteiger partial charge in [-0.05, 0) is 19.4 Å². The molecular formula is C16H27N3O4S. The molecule has 7 nitrogen and oxygen atoms in total. The molecule has 0 aromatic carbocycles. The van der Waals surface area contributed by atoms with Crippen molar-refractivity contribution in [2.75, 3.05) is 14.1 Å². The molecule has 1 aromatic rings. The molecule has 0 radical (unpaired) electrons. The second-order valence-corrected chi connectivity index (χ2v) is 8.23. The van der Waals surface area contributed by atoms with Gasteiger partial charge in [0.25, 0.3) is 5.56 Å². The summed E-state index contributed by atoms with van der Waals surface area (Å²) < 4.78 is 26.4. The number of hydrogen-bond acceptors (Lipinski definition) is 4. The summed E-state index contributed by atoms with van der Waals surface area (Å²) in [5.74, 6) is -0.305. The fraction of sp³-hybridized carbons (Fsp3) is 0.625. The van der Waals surface area contributed by atoms with Gasteiger partial charge in [0, 0.05) is 32.4 Å². The number of pyridine rings is 1. The lowest BCUT2D eigenvalue weighted by Crippen LogP contribution is -2.37. The zero-order valence-corrected chi connectivity index (χ0v) is 15.6. The number of unbranched alkanes of at least 4 members (excludes halogenated alkanes) is 2. The fourth-order valence-corrected chi connectivity index (χ4v) is 3.17. The van der Waals surface area contributed by atoms with E-state index in [1.165, 1.54) is 26.4 Å². The van der Waals surface area contributed by atoms with Crippen LogP contribution in [-0.4, -0.2) is 43.3 Å². The van der Waals surface area contributed by atoms with Gasteiger partial charge >= 0.3 is 0 Å². The van der Waals surface area contributed by atoms with Gasteiger partial charge < -0.3 is 9.88 Å². The van der Waals surface area contributed by atoms with E-state index in [1.807, 2.05) is 6.92 Å². The molecule has 0 aliphatic rings. The van der Waals surface area contributed by atoms with Crippen molar-refractivity contribution in [3.05, 3.63) is 28.7 Å². The van der Waals surface area contributed by atoms with Crippen molar-refractivity contribution < 1.29 is 13.2 Å². The van der Waals surface area contributed by atoms with Crippen LogP contribution in [0.4, 0.5) is 0 Å². The van der Waals surface area contributed by atoms with Crippen LogP contribution in [0.3, 0.4) is 0 Å². The van der Waals surface area contributed by atoms with E-state index in [2.05, 4.69) is 12.2 Å². The molecule has 0 bridgehead atoms. The van der Waals surface area contributed by atoms with Gasteiger partial charge in [0.1, 0.15) is 6.54 Å². The first-order chi connectivity index (χ1) is 11.2. The van der Waals surface area contributed by atoms with Crippen LogP contribution in [0.15, 0.2) is 28.0 Å². The van der Waals surface area contributed by atoms with E-state index >= 15 is 0 Å². The smallest absolute Gasteiger partial charge is 0.251 e. The monoisotopic (exact) mass is 357 g/mol. The second-order valence-electron chi connectivity index (χ2n) is 6.08. The van der Waals surface area contributed by atoms with Gasteiger partial charge in [-0.15, -0.1) is 0 Å². The Balaban J connectivity index is 2.81. The number of hydrogen-bond donors (Lipinski definition) is 1. The highest BCUT2D eigenvalue weighted by molar-refractivity contribution is 7.89. The number of carbonyl (C=O) groups is 1. The summed E-state index contributed by atoms with van der Waals surface area (Å²) in [6.45, 7) is 3.83. The zero-order chi connectivity index (χ0) is 18.3. The van der Waals surface area contributed by atoms with Crippen molar-refractivity contribution >= 4 is 15.9 Å². The summed E-state index contributed by atoms with van der Waals surface area (Å²) in [4.78, 5) is 23.9. The molecule has 0 saturated carbocycles. The van der Waals surface area contributed by atoms with E-state index in [-0.39, 0.29) is 23.4 Å². The van der Waals surface area contributed by atoms with Gasteiger partial charge in [0.15, 0.2) is 0 Å². The number of aromatic nitrogens is 1. The molecule has 1 amide bonds. The fourth-order valence-electron chi connectivity index (χ4n) is 2.24. The number of carbonyl (C=O) groups excluding carboxylic acids is 1. The maximum atomic E-state index is 12.1. The van der Waals surface area contributed by atoms with Gasteiger partial charge in [-0.25, -0.2) is 12.7 Å². The van der Waals surface area contributed by atoms with Gasteiger partial charge in [0.2, 0.25) is 15.9 Å². The molecule has 1 atom stereocenters. The molecule has 24 heavy (non-hydrogen) atoms. The Bertz CT molecular complexity index is 710. The predicted molar refractivity (Wildman–Crippen MR) is 93.3 cm³/mol. The van der Waals surface area contributed by atoms with Gasteiger partial charge in [-0.1, -0.05) is 26.2 Å². The Hall–Kier alpha value is -1.67. The topological polar surface area (TPSA) is 88.5 Å². The van der Waals surface area contributed by atoms with Crippen LogP contribution in [0.5, 0.6) is 0 Å². The van der Waals surface area contributed by atoms with Crippen molar-refractivity contribution in [3.8, 4) is 0 Å². The highest BCUT2D eigenvalue weighted by atomic mass is 32.2. The van der Waals surface area contributed by atoms with E-state index in [4.69, 9.17) is 0 Å². The third kappa shape index (κ3) is 5.76. The Labute approximate surface area is 143 Å². The summed E-state index contributed by atoms with van der Waals surface area (Å²) in [7, 11) is -0.824. The molecule has 0 unspecified atom stereocenters. The first-order valence-corrected chi connectivity index (χ1v) is 9.55. The zero-order valence-electron chi connectivity index (χ0n) is 14.8. The van der Waals surface area contributed by atoms with Crippen molar-refractivity contribution in [3.63, 3.8) is 0 Å². The highest BCUT2D eigenvalue weighted by Crippen LogP contribution is 2.10. The Kier molecular flexibility index (Phi) is 7.62. The average Bonchev–Trinajstić information content (AvgIpc) is 2.49. The van der Waals surface area contributed by atoms with E-state index < -0.39 is 15.6 Å². The largest absolute Gasteiger partial charge is 0.352 e.